The molecule has 2 heterocycles. The van der Waals surface area contributed by atoms with Crippen molar-refractivity contribution in [1.82, 2.24) is 14.9 Å². The van der Waals surface area contributed by atoms with Crippen molar-refractivity contribution in [2.24, 2.45) is 5.92 Å². The highest BCUT2D eigenvalue weighted by molar-refractivity contribution is 5.93. The third kappa shape index (κ3) is 4.78. The minimum atomic E-state index is 0.00682. The number of likely N-dealkylation sites (tertiary alicyclic amines) is 1. The fourth-order valence-corrected chi connectivity index (χ4v) is 3.30. The zero-order chi connectivity index (χ0) is 17.6. The van der Waals surface area contributed by atoms with E-state index in [1.807, 2.05) is 18.7 Å². The largest absolute Gasteiger partial charge is 0.368 e. The average Bonchev–Trinajstić information content (AvgIpc) is 2.62. The molecule has 1 amide bonds. The number of hydrogen-bond acceptors (Lipinski definition) is 4. The number of nitrogens with one attached hydrogen (secondary N) is 1. The summed E-state index contributed by atoms with van der Waals surface area (Å²) in [5.41, 5.74) is 1.85. The van der Waals surface area contributed by atoms with E-state index in [-0.39, 0.29) is 11.9 Å². The van der Waals surface area contributed by atoms with Crippen molar-refractivity contribution >= 4 is 11.7 Å². The smallest absolute Gasteiger partial charge is 0.272 e. The Labute approximate surface area is 149 Å². The molecule has 0 bridgehead atoms. The maximum absolute atomic E-state index is 12.7. The molecule has 3 rings (SSSR count). The summed E-state index contributed by atoms with van der Waals surface area (Å²) in [6.07, 6.45) is 4.64. The van der Waals surface area contributed by atoms with E-state index in [0.717, 1.165) is 32.4 Å². The molecule has 0 unspecified atom stereocenters. The van der Waals surface area contributed by atoms with E-state index in [4.69, 9.17) is 0 Å². The second kappa shape index (κ2) is 8.10. The molecule has 25 heavy (non-hydrogen) atoms. The lowest BCUT2D eigenvalue weighted by Crippen LogP contribution is -2.39. The van der Waals surface area contributed by atoms with Gasteiger partial charge in [0, 0.05) is 25.2 Å². The van der Waals surface area contributed by atoms with Crippen molar-refractivity contribution < 1.29 is 4.79 Å². The highest BCUT2D eigenvalue weighted by atomic mass is 16.2. The topological polar surface area (TPSA) is 58.1 Å². The molecular weight excluding hydrogens is 312 g/mol. The molecule has 5 heteroatoms. The van der Waals surface area contributed by atoms with Gasteiger partial charge in [0.2, 0.25) is 0 Å². The molecule has 5 nitrogen and oxygen atoms in total. The van der Waals surface area contributed by atoms with Crippen molar-refractivity contribution in [1.29, 1.82) is 0 Å². The first-order chi connectivity index (χ1) is 12.1. The van der Waals surface area contributed by atoms with E-state index >= 15 is 0 Å². The van der Waals surface area contributed by atoms with Crippen LogP contribution < -0.4 is 5.32 Å². The first kappa shape index (κ1) is 17.4. The molecule has 0 saturated carbocycles. The molecule has 2 aromatic rings. The van der Waals surface area contributed by atoms with Crippen LogP contribution in [0.4, 0.5) is 5.82 Å². The number of anilines is 1. The minimum absolute atomic E-state index is 0.00682. The lowest BCUT2D eigenvalue weighted by molar-refractivity contribution is 0.0684. The lowest BCUT2D eigenvalue weighted by atomic mass is 9.90. The third-order valence-corrected chi connectivity index (χ3v) is 4.59. The van der Waals surface area contributed by atoms with E-state index in [0.29, 0.717) is 17.4 Å². The van der Waals surface area contributed by atoms with Crippen LogP contribution in [0.3, 0.4) is 0 Å². The Morgan fingerprint density at radius 2 is 1.92 bits per heavy atom. The summed E-state index contributed by atoms with van der Waals surface area (Å²) in [5, 5.41) is 3.22. The second-order valence-corrected chi connectivity index (χ2v) is 7.01. The van der Waals surface area contributed by atoms with E-state index in [1.54, 1.807) is 6.07 Å². The number of amides is 1. The van der Waals surface area contributed by atoms with Crippen molar-refractivity contribution in [3.63, 3.8) is 0 Å². The summed E-state index contributed by atoms with van der Waals surface area (Å²) < 4.78 is 0. The number of aromatic nitrogens is 2. The molecule has 1 aliphatic heterocycles. The van der Waals surface area contributed by atoms with Gasteiger partial charge in [-0.2, -0.15) is 0 Å². The summed E-state index contributed by atoms with van der Waals surface area (Å²) in [5.74, 6) is 1.36. The fraction of sp³-hybridized carbons (Fsp3) is 0.450. The molecule has 1 N–H and O–H groups in total. The lowest BCUT2D eigenvalue weighted by Gasteiger charge is -2.32. The van der Waals surface area contributed by atoms with Gasteiger partial charge < -0.3 is 10.2 Å². The number of carbonyl (C=O) groups excluding carboxylic acids is 1. The van der Waals surface area contributed by atoms with E-state index in [9.17, 15) is 4.79 Å². The molecule has 0 radical (unpaired) electrons. The van der Waals surface area contributed by atoms with Crippen LogP contribution in [0, 0.1) is 5.92 Å². The van der Waals surface area contributed by atoms with E-state index in [2.05, 4.69) is 45.6 Å². The van der Waals surface area contributed by atoms with Crippen LogP contribution in [0.2, 0.25) is 0 Å². The van der Waals surface area contributed by atoms with Gasteiger partial charge in [-0.25, -0.2) is 9.97 Å². The van der Waals surface area contributed by atoms with Crippen LogP contribution in [-0.2, 0) is 6.42 Å². The van der Waals surface area contributed by atoms with Crippen molar-refractivity contribution in [3.8, 4) is 0 Å². The molecule has 0 aliphatic carbocycles. The molecule has 1 aromatic heterocycles. The Morgan fingerprint density at radius 3 is 2.60 bits per heavy atom. The maximum atomic E-state index is 12.7. The highest BCUT2D eigenvalue weighted by Gasteiger charge is 2.24. The molecule has 0 atom stereocenters. The predicted octanol–water partition coefficient (Wildman–Crippen LogP) is 3.39. The van der Waals surface area contributed by atoms with Gasteiger partial charge in [0.25, 0.3) is 5.91 Å². The Bertz CT molecular complexity index is 694. The molecule has 132 valence electrons. The number of carbonyl (C=O) groups is 1. The molecule has 1 fully saturated rings. The summed E-state index contributed by atoms with van der Waals surface area (Å²) in [4.78, 5) is 23.0. The van der Waals surface area contributed by atoms with E-state index < -0.39 is 0 Å². The standard InChI is InChI=1S/C20H26N4O/c1-15(2)23-19-13-18(21-14-22-19)20(25)24-10-8-17(9-11-24)12-16-6-4-3-5-7-16/h3-7,13-15,17H,8-12H2,1-2H3,(H,21,22,23). The molecule has 1 aliphatic rings. The van der Waals surface area contributed by atoms with Gasteiger partial charge in [0.15, 0.2) is 0 Å². The summed E-state index contributed by atoms with van der Waals surface area (Å²) in [6, 6.07) is 12.6. The third-order valence-electron chi connectivity index (χ3n) is 4.59. The van der Waals surface area contributed by atoms with Crippen molar-refractivity contribution in [3.05, 3.63) is 54.0 Å². The van der Waals surface area contributed by atoms with Crippen molar-refractivity contribution in [2.45, 2.75) is 39.2 Å². The van der Waals surface area contributed by atoms with Crippen LogP contribution in [0.5, 0.6) is 0 Å². The second-order valence-electron chi connectivity index (χ2n) is 7.01. The normalized spacial score (nSPS) is 15.4. The Morgan fingerprint density at radius 1 is 1.20 bits per heavy atom. The monoisotopic (exact) mass is 338 g/mol. The number of benzene rings is 1. The fourth-order valence-electron chi connectivity index (χ4n) is 3.30. The first-order valence-electron chi connectivity index (χ1n) is 9.03. The number of hydrogen-bond donors (Lipinski definition) is 1. The number of rotatable bonds is 5. The summed E-state index contributed by atoms with van der Waals surface area (Å²) in [7, 11) is 0. The molecular formula is C20H26N4O. The van der Waals surface area contributed by atoms with Gasteiger partial charge in [0.05, 0.1) is 0 Å². The predicted molar refractivity (Wildman–Crippen MR) is 99.6 cm³/mol. The van der Waals surface area contributed by atoms with Gasteiger partial charge in [-0.3, -0.25) is 4.79 Å². The summed E-state index contributed by atoms with van der Waals surface area (Å²) in [6.45, 7) is 5.68. The van der Waals surface area contributed by atoms with Gasteiger partial charge in [-0.05, 0) is 44.6 Å². The highest BCUT2D eigenvalue weighted by Crippen LogP contribution is 2.22. The Kier molecular flexibility index (Phi) is 5.64. The van der Waals surface area contributed by atoms with Crippen LogP contribution in [0.25, 0.3) is 0 Å². The Hall–Kier alpha value is -2.43. The Balaban J connectivity index is 1.56. The van der Waals surface area contributed by atoms with Crippen LogP contribution in [0.15, 0.2) is 42.7 Å². The van der Waals surface area contributed by atoms with Gasteiger partial charge in [-0.1, -0.05) is 30.3 Å². The average molecular weight is 338 g/mol. The SMILES string of the molecule is CC(C)Nc1cc(C(=O)N2CCC(Cc3ccccc3)CC2)ncn1. The molecule has 1 aromatic carbocycles. The van der Waals surface area contributed by atoms with Gasteiger partial charge >= 0.3 is 0 Å². The van der Waals surface area contributed by atoms with Crippen LogP contribution >= 0.6 is 0 Å². The zero-order valence-electron chi connectivity index (χ0n) is 15.0. The quantitative estimate of drug-likeness (QED) is 0.908. The first-order valence-corrected chi connectivity index (χ1v) is 9.03. The number of piperidine rings is 1. The number of nitrogens with zero attached hydrogens (tertiary/aromatic N) is 3. The summed E-state index contributed by atoms with van der Waals surface area (Å²) >= 11 is 0. The maximum Gasteiger partial charge on any atom is 0.272 e. The van der Waals surface area contributed by atoms with Crippen molar-refractivity contribution in [2.75, 3.05) is 18.4 Å². The molecule has 1 saturated heterocycles. The van der Waals surface area contributed by atoms with Crippen LogP contribution in [0.1, 0.15) is 42.7 Å². The van der Waals surface area contributed by atoms with Gasteiger partial charge in [0.1, 0.15) is 17.8 Å². The zero-order valence-corrected chi connectivity index (χ0v) is 15.0. The van der Waals surface area contributed by atoms with Crippen LogP contribution in [-0.4, -0.2) is 39.9 Å². The molecule has 0 spiro atoms. The van der Waals surface area contributed by atoms with Gasteiger partial charge in [-0.15, -0.1) is 0 Å². The van der Waals surface area contributed by atoms with E-state index in [1.165, 1.54) is 11.9 Å². The minimum Gasteiger partial charge on any atom is -0.368 e.